The lowest BCUT2D eigenvalue weighted by molar-refractivity contribution is -0.158. The van der Waals surface area contributed by atoms with Crippen LogP contribution in [0.1, 0.15) is 38.9 Å². The van der Waals surface area contributed by atoms with Crippen molar-refractivity contribution in [2.75, 3.05) is 0 Å². The molecule has 0 aliphatic heterocycles. The van der Waals surface area contributed by atoms with Crippen LogP contribution in [-0.4, -0.2) is 28.7 Å². The monoisotopic (exact) mass is 269 g/mol. The average Bonchev–Trinajstić information content (AvgIpc) is 2.66. The Kier molecular flexibility index (Phi) is 4.72. The predicted octanol–water partition coefficient (Wildman–Crippen LogP) is 1.51. The molecule has 6 nitrogen and oxygen atoms in total. The summed E-state index contributed by atoms with van der Waals surface area (Å²) in [5, 5.41) is 8.78. The quantitative estimate of drug-likeness (QED) is 0.785. The van der Waals surface area contributed by atoms with Crippen molar-refractivity contribution in [1.29, 1.82) is 0 Å². The van der Waals surface area contributed by atoms with Crippen LogP contribution in [0.2, 0.25) is 0 Å². The molecule has 19 heavy (non-hydrogen) atoms. The molecule has 0 fully saturated rings. The van der Waals surface area contributed by atoms with Crippen LogP contribution in [0.25, 0.3) is 0 Å². The summed E-state index contributed by atoms with van der Waals surface area (Å²) in [5.74, 6) is -2.28. The van der Waals surface area contributed by atoms with Crippen molar-refractivity contribution in [2.24, 2.45) is 5.73 Å². The molecule has 6 heteroatoms. The first kappa shape index (κ1) is 15.2. The highest BCUT2D eigenvalue weighted by molar-refractivity contribution is 5.80. The molecule has 0 aliphatic carbocycles. The van der Waals surface area contributed by atoms with Crippen LogP contribution < -0.4 is 5.73 Å². The number of ether oxygens (including phenoxy) is 1. The number of carboxylic acids is 1. The topological polar surface area (TPSA) is 103 Å². The summed E-state index contributed by atoms with van der Waals surface area (Å²) in [6.07, 6.45) is 1.06. The van der Waals surface area contributed by atoms with E-state index < -0.39 is 29.5 Å². The Bertz CT molecular complexity index is 432. The highest BCUT2D eigenvalue weighted by atomic mass is 16.6. The first-order chi connectivity index (χ1) is 8.70. The van der Waals surface area contributed by atoms with Crippen molar-refractivity contribution < 1.29 is 23.8 Å². The number of aliphatic carboxylic acids is 1. The fraction of sp³-hybridized carbons (Fsp3) is 0.538. The Morgan fingerprint density at radius 1 is 1.47 bits per heavy atom. The molecule has 1 aromatic rings. The molecule has 106 valence electrons. The van der Waals surface area contributed by atoms with Crippen LogP contribution in [0, 0.1) is 0 Å². The second-order valence-corrected chi connectivity index (χ2v) is 5.29. The molecule has 0 aromatic carbocycles. The molecule has 1 heterocycles. The van der Waals surface area contributed by atoms with Gasteiger partial charge in [0.05, 0.1) is 12.7 Å². The molecule has 0 spiro atoms. The van der Waals surface area contributed by atoms with E-state index in [2.05, 4.69) is 0 Å². The van der Waals surface area contributed by atoms with Gasteiger partial charge in [0.1, 0.15) is 17.3 Å². The molecule has 0 aliphatic rings. The number of carboxylic acid groups (broad SMARTS) is 1. The first-order valence-corrected chi connectivity index (χ1v) is 5.94. The average molecular weight is 269 g/mol. The lowest BCUT2D eigenvalue weighted by atomic mass is 9.95. The predicted molar refractivity (Wildman–Crippen MR) is 67.5 cm³/mol. The lowest BCUT2D eigenvalue weighted by Gasteiger charge is -2.25. The molecule has 0 saturated carbocycles. The van der Waals surface area contributed by atoms with E-state index in [1.807, 2.05) is 0 Å². The van der Waals surface area contributed by atoms with E-state index in [-0.39, 0.29) is 6.42 Å². The van der Waals surface area contributed by atoms with Crippen molar-refractivity contribution in [3.63, 3.8) is 0 Å². The summed E-state index contributed by atoms with van der Waals surface area (Å²) in [6.45, 7) is 5.19. The largest absolute Gasteiger partial charge is 0.481 e. The second kappa shape index (κ2) is 5.88. The molecule has 0 bridgehead atoms. The van der Waals surface area contributed by atoms with E-state index in [0.717, 1.165) is 0 Å². The minimum absolute atomic E-state index is 0.308. The zero-order valence-corrected chi connectivity index (χ0v) is 11.3. The van der Waals surface area contributed by atoms with E-state index in [1.54, 1.807) is 32.9 Å². The van der Waals surface area contributed by atoms with Crippen molar-refractivity contribution >= 4 is 11.9 Å². The van der Waals surface area contributed by atoms with Crippen LogP contribution in [-0.2, 0) is 14.3 Å². The number of esters is 1. The standard InChI is InChI=1S/C13H19NO5/c1-13(2,3)19-12(17)11(8(14)7-10(15)16)9-5-4-6-18-9/h4-6,8,11H,7,14H2,1-3H3,(H,15,16)/t8-,11+/m0/s1. The third kappa shape index (κ3) is 4.75. The van der Waals surface area contributed by atoms with E-state index in [4.69, 9.17) is 20.0 Å². The molecule has 1 rings (SSSR count). The fourth-order valence-corrected chi connectivity index (χ4v) is 1.65. The van der Waals surface area contributed by atoms with Gasteiger partial charge < -0.3 is 20.0 Å². The molecule has 0 radical (unpaired) electrons. The lowest BCUT2D eigenvalue weighted by Crippen LogP contribution is -2.39. The maximum absolute atomic E-state index is 12.1. The van der Waals surface area contributed by atoms with Gasteiger partial charge in [-0.25, -0.2) is 0 Å². The number of carbonyl (C=O) groups excluding carboxylic acids is 1. The Morgan fingerprint density at radius 3 is 2.53 bits per heavy atom. The summed E-state index contributed by atoms with van der Waals surface area (Å²) < 4.78 is 10.4. The number of hydrogen-bond donors (Lipinski definition) is 2. The Hall–Kier alpha value is -1.82. The van der Waals surface area contributed by atoms with Crippen LogP contribution in [0.4, 0.5) is 0 Å². The molecule has 0 amide bonds. The molecular weight excluding hydrogens is 250 g/mol. The summed E-state index contributed by atoms with van der Waals surface area (Å²) in [5.41, 5.74) is 5.11. The summed E-state index contributed by atoms with van der Waals surface area (Å²) in [6, 6.07) is 2.29. The van der Waals surface area contributed by atoms with Crippen LogP contribution >= 0.6 is 0 Å². The number of carbonyl (C=O) groups is 2. The van der Waals surface area contributed by atoms with Gasteiger partial charge >= 0.3 is 11.9 Å². The van der Waals surface area contributed by atoms with Crippen LogP contribution in [0.15, 0.2) is 22.8 Å². The van der Waals surface area contributed by atoms with Crippen molar-refractivity contribution in [2.45, 2.75) is 44.8 Å². The van der Waals surface area contributed by atoms with Crippen LogP contribution in [0.3, 0.4) is 0 Å². The molecule has 0 saturated heterocycles. The summed E-state index contributed by atoms with van der Waals surface area (Å²) in [7, 11) is 0. The van der Waals surface area contributed by atoms with E-state index in [0.29, 0.717) is 5.76 Å². The summed E-state index contributed by atoms with van der Waals surface area (Å²) in [4.78, 5) is 22.9. The Labute approximate surface area is 111 Å². The van der Waals surface area contributed by atoms with Gasteiger partial charge in [0.15, 0.2) is 0 Å². The van der Waals surface area contributed by atoms with Gasteiger partial charge in [0.2, 0.25) is 0 Å². The second-order valence-electron chi connectivity index (χ2n) is 5.29. The van der Waals surface area contributed by atoms with Crippen molar-refractivity contribution in [3.05, 3.63) is 24.2 Å². The van der Waals surface area contributed by atoms with E-state index in [1.165, 1.54) is 6.26 Å². The Morgan fingerprint density at radius 2 is 2.11 bits per heavy atom. The van der Waals surface area contributed by atoms with Crippen molar-refractivity contribution in [3.8, 4) is 0 Å². The number of rotatable bonds is 5. The SMILES string of the molecule is CC(C)(C)OC(=O)[C@@H](c1ccco1)[C@@H](N)CC(=O)O. The number of nitrogens with two attached hydrogens (primary N) is 1. The van der Waals surface area contributed by atoms with Crippen LogP contribution in [0.5, 0.6) is 0 Å². The Balaban J connectivity index is 2.93. The third-order valence-corrected chi connectivity index (χ3v) is 2.35. The van der Waals surface area contributed by atoms with E-state index >= 15 is 0 Å². The molecule has 1 aromatic heterocycles. The highest BCUT2D eigenvalue weighted by Gasteiger charge is 2.34. The fourth-order valence-electron chi connectivity index (χ4n) is 1.65. The zero-order chi connectivity index (χ0) is 14.6. The van der Waals surface area contributed by atoms with E-state index in [9.17, 15) is 9.59 Å². The van der Waals surface area contributed by atoms with Gasteiger partial charge in [0, 0.05) is 6.04 Å². The van der Waals surface area contributed by atoms with Gasteiger partial charge in [-0.2, -0.15) is 0 Å². The molecule has 3 N–H and O–H groups in total. The molecule has 2 atom stereocenters. The molecular formula is C13H19NO5. The zero-order valence-electron chi connectivity index (χ0n) is 11.3. The van der Waals surface area contributed by atoms with Gasteiger partial charge in [-0.05, 0) is 32.9 Å². The van der Waals surface area contributed by atoms with Gasteiger partial charge in [-0.1, -0.05) is 0 Å². The first-order valence-electron chi connectivity index (χ1n) is 5.94. The smallest absolute Gasteiger partial charge is 0.318 e. The minimum atomic E-state index is -1.08. The van der Waals surface area contributed by atoms with Gasteiger partial charge in [-0.15, -0.1) is 0 Å². The third-order valence-electron chi connectivity index (χ3n) is 2.35. The van der Waals surface area contributed by atoms with Crippen molar-refractivity contribution in [1.82, 2.24) is 0 Å². The number of furan rings is 1. The maximum atomic E-state index is 12.1. The van der Waals surface area contributed by atoms with Gasteiger partial charge in [0.25, 0.3) is 0 Å². The highest BCUT2D eigenvalue weighted by Crippen LogP contribution is 2.25. The minimum Gasteiger partial charge on any atom is -0.481 e. The van der Waals surface area contributed by atoms with Gasteiger partial charge in [-0.3, -0.25) is 9.59 Å². The molecule has 0 unspecified atom stereocenters. The normalized spacial score (nSPS) is 14.7. The maximum Gasteiger partial charge on any atom is 0.318 e. The summed E-state index contributed by atoms with van der Waals surface area (Å²) >= 11 is 0. The number of hydrogen-bond acceptors (Lipinski definition) is 5.